The molecule has 2 aliphatic heterocycles. The highest BCUT2D eigenvalue weighted by molar-refractivity contribution is 7.21. The number of anilines is 3. The molecule has 7 rings (SSSR count). The predicted molar refractivity (Wildman–Crippen MR) is 175 cm³/mol. The van der Waals surface area contributed by atoms with Crippen LogP contribution >= 0.6 is 11.3 Å². The largest absolute Gasteiger partial charge is 0.378 e. The van der Waals surface area contributed by atoms with E-state index in [1.165, 1.54) is 16.9 Å². The lowest BCUT2D eigenvalue weighted by Crippen LogP contribution is -2.36. The summed E-state index contributed by atoms with van der Waals surface area (Å²) < 4.78 is 6.40. The Balaban J connectivity index is 1.08. The number of morpholine rings is 1. The molecule has 2 amide bonds. The Bertz CT molecular complexity index is 1890. The van der Waals surface area contributed by atoms with Crippen LogP contribution in [0, 0.1) is 0 Å². The highest BCUT2D eigenvalue weighted by Gasteiger charge is 2.23. The molecule has 0 radical (unpaired) electrons. The molecule has 12 heteroatoms. The summed E-state index contributed by atoms with van der Waals surface area (Å²) in [5.41, 5.74) is 12.4. The van der Waals surface area contributed by atoms with E-state index in [9.17, 15) is 9.59 Å². The van der Waals surface area contributed by atoms with Crippen molar-refractivity contribution in [2.24, 2.45) is 0 Å². The molecule has 0 atom stereocenters. The maximum Gasteiger partial charge on any atom is 0.261 e. The quantitative estimate of drug-likeness (QED) is 0.282. The van der Waals surface area contributed by atoms with Crippen LogP contribution in [0.25, 0.3) is 32.7 Å². The van der Waals surface area contributed by atoms with Crippen molar-refractivity contribution in [1.82, 2.24) is 25.3 Å². The van der Waals surface area contributed by atoms with Gasteiger partial charge in [0.1, 0.15) is 0 Å². The van der Waals surface area contributed by atoms with E-state index in [0.29, 0.717) is 54.6 Å². The van der Waals surface area contributed by atoms with Gasteiger partial charge in [0.2, 0.25) is 11.9 Å². The zero-order chi connectivity index (χ0) is 30.9. The molecule has 0 aliphatic carbocycles. The van der Waals surface area contributed by atoms with Crippen molar-refractivity contribution in [1.29, 1.82) is 0 Å². The number of aromatic nitrogens is 4. The van der Waals surface area contributed by atoms with Crippen molar-refractivity contribution in [3.8, 4) is 22.5 Å². The van der Waals surface area contributed by atoms with E-state index >= 15 is 0 Å². The van der Waals surface area contributed by atoms with Crippen LogP contribution in [0.1, 0.15) is 34.1 Å². The topological polar surface area (TPSA) is 139 Å². The van der Waals surface area contributed by atoms with Gasteiger partial charge in [0, 0.05) is 51.2 Å². The normalized spacial score (nSPS) is 14.8. The third kappa shape index (κ3) is 5.94. The monoisotopic (exact) mass is 620 g/mol. The minimum absolute atomic E-state index is 0.0780. The zero-order valence-corrected chi connectivity index (χ0v) is 25.6. The van der Waals surface area contributed by atoms with E-state index in [4.69, 9.17) is 20.4 Å². The first-order valence-electron chi connectivity index (χ1n) is 14.9. The van der Waals surface area contributed by atoms with Gasteiger partial charge in [-0.25, -0.2) is 19.9 Å². The molecule has 3 aromatic heterocycles. The number of thiophene rings is 1. The highest BCUT2D eigenvalue weighted by Crippen LogP contribution is 2.35. The van der Waals surface area contributed by atoms with E-state index in [1.54, 1.807) is 19.3 Å². The Morgan fingerprint density at radius 1 is 0.956 bits per heavy atom. The van der Waals surface area contributed by atoms with Crippen LogP contribution in [0.5, 0.6) is 0 Å². The van der Waals surface area contributed by atoms with E-state index in [1.807, 2.05) is 29.2 Å². The van der Waals surface area contributed by atoms with Gasteiger partial charge in [-0.2, -0.15) is 0 Å². The fraction of sp³-hybridized carbons (Fsp3) is 0.273. The van der Waals surface area contributed by atoms with Gasteiger partial charge in [-0.1, -0.05) is 30.3 Å². The van der Waals surface area contributed by atoms with Crippen molar-refractivity contribution in [2.45, 2.75) is 26.3 Å². The molecule has 5 heterocycles. The minimum atomic E-state index is -0.169. The molecule has 228 valence electrons. The van der Waals surface area contributed by atoms with Crippen LogP contribution in [-0.4, -0.2) is 64.6 Å². The second-order valence-electron chi connectivity index (χ2n) is 11.1. The molecular weight excluding hydrogens is 588 g/mol. The van der Waals surface area contributed by atoms with Crippen LogP contribution in [0.15, 0.2) is 60.9 Å². The number of carbonyl (C=O) groups is 2. The predicted octanol–water partition coefficient (Wildman–Crippen LogP) is 4.46. The first-order chi connectivity index (χ1) is 21.9. The van der Waals surface area contributed by atoms with Crippen LogP contribution in [0.2, 0.25) is 0 Å². The summed E-state index contributed by atoms with van der Waals surface area (Å²) in [7, 11) is 0. The fourth-order valence-corrected chi connectivity index (χ4v) is 6.82. The maximum atomic E-state index is 13.3. The molecule has 1 fully saturated rings. The second kappa shape index (κ2) is 12.2. The molecule has 2 aliphatic rings. The van der Waals surface area contributed by atoms with Gasteiger partial charge in [-0.05, 0) is 53.3 Å². The Labute approximate surface area is 264 Å². The average molecular weight is 621 g/mol. The van der Waals surface area contributed by atoms with E-state index in [2.05, 4.69) is 44.5 Å². The smallest absolute Gasteiger partial charge is 0.261 e. The number of nitrogens with one attached hydrogen (secondary N) is 1. The fourth-order valence-electron chi connectivity index (χ4n) is 5.79. The van der Waals surface area contributed by atoms with Crippen molar-refractivity contribution < 1.29 is 14.3 Å². The first-order valence-corrected chi connectivity index (χ1v) is 15.8. The summed E-state index contributed by atoms with van der Waals surface area (Å²) in [4.78, 5) is 47.7. The number of ether oxygens (including phenoxy) is 1. The molecular formula is C33H32N8O3S. The molecule has 5 aromatic rings. The first kappa shape index (κ1) is 28.8. The molecule has 0 bridgehead atoms. The Morgan fingerprint density at radius 2 is 1.71 bits per heavy atom. The summed E-state index contributed by atoms with van der Waals surface area (Å²) in [6.07, 6.45) is 5.14. The van der Waals surface area contributed by atoms with Gasteiger partial charge in [-0.3, -0.25) is 9.59 Å². The van der Waals surface area contributed by atoms with E-state index in [-0.39, 0.29) is 17.8 Å². The lowest BCUT2D eigenvalue weighted by atomic mass is 9.95. The number of nitrogens with two attached hydrogens (primary N) is 1. The third-order valence-corrected chi connectivity index (χ3v) is 9.26. The van der Waals surface area contributed by atoms with Crippen LogP contribution in [-0.2, 0) is 22.5 Å². The number of nitrogens with zero attached hydrogens (tertiary/aromatic N) is 6. The highest BCUT2D eigenvalue weighted by atomic mass is 32.1. The third-order valence-electron chi connectivity index (χ3n) is 8.14. The number of hydrogen-bond donors (Lipinski definition) is 2. The average Bonchev–Trinajstić information content (AvgIpc) is 3.52. The Kier molecular flexibility index (Phi) is 7.82. The Hall–Kier alpha value is -4.94. The van der Waals surface area contributed by atoms with Crippen molar-refractivity contribution in [3.63, 3.8) is 0 Å². The van der Waals surface area contributed by atoms with E-state index < -0.39 is 0 Å². The number of carbonyl (C=O) groups excluding carboxylic acids is 2. The van der Waals surface area contributed by atoms with E-state index in [0.717, 1.165) is 52.3 Å². The minimum Gasteiger partial charge on any atom is -0.378 e. The molecule has 0 unspecified atom stereocenters. The van der Waals surface area contributed by atoms with Crippen molar-refractivity contribution >= 4 is 50.8 Å². The number of hydrogen-bond acceptors (Lipinski definition) is 10. The Morgan fingerprint density at radius 3 is 2.47 bits per heavy atom. The van der Waals surface area contributed by atoms with Gasteiger partial charge >= 0.3 is 0 Å². The molecule has 45 heavy (non-hydrogen) atoms. The standard InChI is InChI=1S/C33H32N8O3S/c1-20(42)41-10-2-3-24-15-23(8-9-27(24)41)22-6-4-21(5-7-22)17-35-32(43)28-16-26-29(45-28)31(40-11-13-44-14-12-40)39-30(38-26)25-18-36-33(34)37-19-25/h4-9,15-16,18-19H,2-3,10-14,17H2,1H3,(H,35,43)(H2,34,36,37). The van der Waals surface area contributed by atoms with Gasteiger partial charge in [0.05, 0.1) is 33.9 Å². The molecule has 1 saturated heterocycles. The SMILES string of the molecule is CC(=O)N1CCCc2cc(-c3ccc(CNC(=O)c4cc5nc(-c6cnc(N)nc6)nc(N6CCOCC6)c5s4)cc3)ccc21. The second-order valence-corrected chi connectivity index (χ2v) is 12.2. The van der Waals surface area contributed by atoms with Crippen molar-refractivity contribution in [3.05, 3.63) is 76.9 Å². The van der Waals surface area contributed by atoms with Gasteiger partial charge in [0.15, 0.2) is 11.6 Å². The number of fused-ring (bicyclic) bond motifs is 2. The number of rotatable bonds is 6. The molecule has 2 aromatic carbocycles. The lowest BCUT2D eigenvalue weighted by Gasteiger charge is -2.29. The summed E-state index contributed by atoms with van der Waals surface area (Å²) in [6.45, 7) is 5.38. The summed E-state index contributed by atoms with van der Waals surface area (Å²) in [6, 6.07) is 16.3. The summed E-state index contributed by atoms with van der Waals surface area (Å²) in [5.74, 6) is 1.33. The zero-order valence-electron chi connectivity index (χ0n) is 24.8. The summed E-state index contributed by atoms with van der Waals surface area (Å²) in [5, 5.41) is 3.06. The van der Waals surface area contributed by atoms with Crippen molar-refractivity contribution in [2.75, 3.05) is 48.4 Å². The van der Waals surface area contributed by atoms with Crippen LogP contribution < -0.4 is 20.9 Å². The number of nitrogen functional groups attached to an aromatic ring is 1. The molecule has 0 spiro atoms. The maximum absolute atomic E-state index is 13.3. The molecule has 0 saturated carbocycles. The number of benzene rings is 2. The van der Waals surface area contributed by atoms with Gasteiger partial charge < -0.3 is 25.6 Å². The van der Waals surface area contributed by atoms with Gasteiger partial charge in [-0.15, -0.1) is 11.3 Å². The summed E-state index contributed by atoms with van der Waals surface area (Å²) >= 11 is 1.38. The van der Waals surface area contributed by atoms with Gasteiger partial charge in [0.25, 0.3) is 5.91 Å². The number of amides is 2. The lowest BCUT2D eigenvalue weighted by molar-refractivity contribution is -0.116. The molecule has 3 N–H and O–H groups in total. The van der Waals surface area contributed by atoms with Crippen LogP contribution in [0.3, 0.4) is 0 Å². The number of aryl methyl sites for hydroxylation is 1. The van der Waals surface area contributed by atoms with Crippen LogP contribution in [0.4, 0.5) is 17.5 Å². The molecule has 11 nitrogen and oxygen atoms in total.